The predicted molar refractivity (Wildman–Crippen MR) is 84.2 cm³/mol. The summed E-state index contributed by atoms with van der Waals surface area (Å²) in [5.74, 6) is 0.352. The summed E-state index contributed by atoms with van der Waals surface area (Å²) >= 11 is 0. The van der Waals surface area contributed by atoms with Crippen LogP contribution in [0.4, 0.5) is 0 Å². The van der Waals surface area contributed by atoms with Crippen LogP contribution >= 0.6 is 0 Å². The number of nitrogens with one attached hydrogen (secondary N) is 1. The number of rotatable bonds is 6. The average Bonchev–Trinajstić information content (AvgIpc) is 2.92. The summed E-state index contributed by atoms with van der Waals surface area (Å²) in [5.41, 5.74) is 3.16. The van der Waals surface area contributed by atoms with Crippen LogP contribution in [0, 0.1) is 0 Å². The molecule has 0 amide bonds. The van der Waals surface area contributed by atoms with Gasteiger partial charge in [0.15, 0.2) is 0 Å². The van der Waals surface area contributed by atoms with E-state index in [1.807, 2.05) is 42.7 Å². The highest BCUT2D eigenvalue weighted by atomic mass is 16.3. The summed E-state index contributed by atoms with van der Waals surface area (Å²) in [4.78, 5) is 4.39. The Morgan fingerprint density at radius 1 is 1.05 bits per heavy atom. The molecule has 0 unspecified atom stereocenters. The molecule has 1 aromatic heterocycles. The van der Waals surface area contributed by atoms with Crippen molar-refractivity contribution >= 4 is 11.0 Å². The number of phenolic OH excluding ortho intramolecular Hbond substituents is 1. The largest absolute Gasteiger partial charge is 0.508 e. The van der Waals surface area contributed by atoms with E-state index in [9.17, 15) is 5.11 Å². The maximum absolute atomic E-state index is 9.68. The van der Waals surface area contributed by atoms with Crippen molar-refractivity contribution in [3.05, 3.63) is 60.4 Å². The average molecular weight is 281 g/mol. The molecule has 108 valence electrons. The highest BCUT2D eigenvalue weighted by Gasteiger charge is 2.01. The van der Waals surface area contributed by atoms with Gasteiger partial charge in [0, 0.05) is 18.7 Å². The Morgan fingerprint density at radius 3 is 2.76 bits per heavy atom. The van der Waals surface area contributed by atoms with Crippen LogP contribution in [0.5, 0.6) is 5.75 Å². The summed E-state index contributed by atoms with van der Waals surface area (Å²) in [6, 6.07) is 15.6. The van der Waals surface area contributed by atoms with Crippen LogP contribution in [-0.4, -0.2) is 21.2 Å². The number of hydrogen-bond acceptors (Lipinski definition) is 3. The molecular formula is C17H19N3O. The Labute approximate surface area is 124 Å². The molecule has 0 radical (unpaired) electrons. The molecule has 4 heteroatoms. The number of para-hydroxylation sites is 3. The van der Waals surface area contributed by atoms with Gasteiger partial charge in [-0.2, -0.15) is 0 Å². The second-order valence-corrected chi connectivity index (χ2v) is 5.09. The van der Waals surface area contributed by atoms with Gasteiger partial charge in [-0.05, 0) is 31.2 Å². The van der Waals surface area contributed by atoms with E-state index in [0.29, 0.717) is 12.3 Å². The van der Waals surface area contributed by atoms with E-state index in [0.717, 1.165) is 30.6 Å². The molecule has 0 fully saturated rings. The first-order chi connectivity index (χ1) is 10.3. The smallest absolute Gasteiger partial charge is 0.120 e. The lowest BCUT2D eigenvalue weighted by Gasteiger charge is -2.07. The fourth-order valence-corrected chi connectivity index (χ4v) is 2.45. The van der Waals surface area contributed by atoms with Crippen LogP contribution in [0.3, 0.4) is 0 Å². The minimum Gasteiger partial charge on any atom is -0.508 e. The van der Waals surface area contributed by atoms with Gasteiger partial charge in [0.05, 0.1) is 17.4 Å². The topological polar surface area (TPSA) is 50.1 Å². The second kappa shape index (κ2) is 6.41. The summed E-state index contributed by atoms with van der Waals surface area (Å²) in [6.07, 6.45) is 2.92. The zero-order chi connectivity index (χ0) is 14.5. The molecule has 0 spiro atoms. The van der Waals surface area contributed by atoms with Crippen LogP contribution in [0.25, 0.3) is 11.0 Å². The maximum Gasteiger partial charge on any atom is 0.120 e. The number of nitrogens with zero attached hydrogens (tertiary/aromatic N) is 2. The zero-order valence-corrected chi connectivity index (χ0v) is 11.9. The number of phenols is 1. The molecule has 0 atom stereocenters. The van der Waals surface area contributed by atoms with E-state index >= 15 is 0 Å². The van der Waals surface area contributed by atoms with Gasteiger partial charge in [-0.15, -0.1) is 0 Å². The lowest BCUT2D eigenvalue weighted by atomic mass is 10.2. The van der Waals surface area contributed by atoms with Gasteiger partial charge in [0.25, 0.3) is 0 Å². The SMILES string of the molecule is Oc1ccccc1CNCCCn1cnc2ccccc21. The standard InChI is InChI=1S/C17H19N3O/c21-17-9-4-1-6-14(17)12-18-10-5-11-20-13-19-15-7-2-3-8-16(15)20/h1-4,6-9,13,18,21H,5,10-12H2. The molecule has 0 aliphatic rings. The number of fused-ring (bicyclic) bond motifs is 1. The third-order valence-corrected chi connectivity index (χ3v) is 3.59. The zero-order valence-electron chi connectivity index (χ0n) is 11.9. The van der Waals surface area contributed by atoms with Crippen LogP contribution in [0.2, 0.25) is 0 Å². The molecular weight excluding hydrogens is 262 g/mol. The van der Waals surface area contributed by atoms with Gasteiger partial charge in [0.2, 0.25) is 0 Å². The van der Waals surface area contributed by atoms with E-state index < -0.39 is 0 Å². The molecule has 3 aromatic rings. The summed E-state index contributed by atoms with van der Waals surface area (Å²) in [6.45, 7) is 2.53. The molecule has 1 heterocycles. The van der Waals surface area contributed by atoms with Gasteiger partial charge in [-0.1, -0.05) is 30.3 Å². The third kappa shape index (κ3) is 3.23. The Hall–Kier alpha value is -2.33. The Bertz CT molecular complexity index is 721. The van der Waals surface area contributed by atoms with Crippen molar-refractivity contribution in [1.82, 2.24) is 14.9 Å². The quantitative estimate of drug-likeness (QED) is 0.683. The lowest BCUT2D eigenvalue weighted by molar-refractivity contribution is 0.463. The Kier molecular flexibility index (Phi) is 4.17. The first kappa shape index (κ1) is 13.6. The normalized spacial score (nSPS) is 11.0. The summed E-state index contributed by atoms with van der Waals surface area (Å²) in [7, 11) is 0. The molecule has 2 aromatic carbocycles. The van der Waals surface area contributed by atoms with Crippen LogP contribution in [-0.2, 0) is 13.1 Å². The van der Waals surface area contributed by atoms with E-state index in [4.69, 9.17) is 0 Å². The summed E-state index contributed by atoms with van der Waals surface area (Å²) < 4.78 is 2.18. The minimum atomic E-state index is 0.352. The van der Waals surface area contributed by atoms with Gasteiger partial charge in [-0.3, -0.25) is 0 Å². The number of benzene rings is 2. The highest BCUT2D eigenvalue weighted by Crippen LogP contribution is 2.15. The van der Waals surface area contributed by atoms with Crippen molar-refractivity contribution in [2.75, 3.05) is 6.54 Å². The molecule has 0 saturated carbocycles. The fraction of sp³-hybridized carbons (Fsp3) is 0.235. The van der Waals surface area contributed by atoms with Crippen LogP contribution in [0.15, 0.2) is 54.9 Å². The lowest BCUT2D eigenvalue weighted by Crippen LogP contribution is -2.16. The molecule has 0 aliphatic heterocycles. The van der Waals surface area contributed by atoms with E-state index in [1.54, 1.807) is 6.07 Å². The molecule has 0 saturated heterocycles. The van der Waals surface area contributed by atoms with Crippen molar-refractivity contribution < 1.29 is 5.11 Å². The van der Waals surface area contributed by atoms with Crippen molar-refractivity contribution in [3.8, 4) is 5.75 Å². The van der Waals surface area contributed by atoms with Crippen molar-refractivity contribution in [1.29, 1.82) is 0 Å². The molecule has 4 nitrogen and oxygen atoms in total. The number of aromatic hydroxyl groups is 1. The number of imidazole rings is 1. The first-order valence-corrected chi connectivity index (χ1v) is 7.22. The number of hydrogen-bond donors (Lipinski definition) is 2. The Balaban J connectivity index is 1.47. The number of aryl methyl sites for hydroxylation is 1. The predicted octanol–water partition coefficient (Wildman–Crippen LogP) is 2.92. The molecule has 21 heavy (non-hydrogen) atoms. The van der Waals surface area contributed by atoms with E-state index in [2.05, 4.69) is 20.9 Å². The van der Waals surface area contributed by atoms with Gasteiger partial charge in [-0.25, -0.2) is 4.98 Å². The van der Waals surface area contributed by atoms with Crippen LogP contribution in [0.1, 0.15) is 12.0 Å². The summed E-state index contributed by atoms with van der Waals surface area (Å²) in [5, 5.41) is 13.0. The third-order valence-electron chi connectivity index (χ3n) is 3.59. The second-order valence-electron chi connectivity index (χ2n) is 5.09. The molecule has 2 N–H and O–H groups in total. The van der Waals surface area contributed by atoms with Crippen molar-refractivity contribution in [3.63, 3.8) is 0 Å². The first-order valence-electron chi connectivity index (χ1n) is 7.22. The monoisotopic (exact) mass is 281 g/mol. The highest BCUT2D eigenvalue weighted by molar-refractivity contribution is 5.74. The number of aromatic nitrogens is 2. The molecule has 0 aliphatic carbocycles. The van der Waals surface area contributed by atoms with E-state index in [1.165, 1.54) is 5.52 Å². The van der Waals surface area contributed by atoms with E-state index in [-0.39, 0.29) is 0 Å². The molecule has 3 rings (SSSR count). The maximum atomic E-state index is 9.68. The fourth-order valence-electron chi connectivity index (χ4n) is 2.45. The minimum absolute atomic E-state index is 0.352. The van der Waals surface area contributed by atoms with Crippen molar-refractivity contribution in [2.45, 2.75) is 19.5 Å². The molecule has 0 bridgehead atoms. The van der Waals surface area contributed by atoms with Crippen LogP contribution < -0.4 is 5.32 Å². The van der Waals surface area contributed by atoms with Gasteiger partial charge in [0.1, 0.15) is 5.75 Å². The Morgan fingerprint density at radius 2 is 1.86 bits per heavy atom. The van der Waals surface area contributed by atoms with Crippen molar-refractivity contribution in [2.24, 2.45) is 0 Å². The van der Waals surface area contributed by atoms with Gasteiger partial charge >= 0.3 is 0 Å². The van der Waals surface area contributed by atoms with Gasteiger partial charge < -0.3 is 15.0 Å².